The van der Waals surface area contributed by atoms with E-state index < -0.39 is 0 Å². The topological polar surface area (TPSA) is 0 Å². The van der Waals surface area contributed by atoms with Gasteiger partial charge in [0.1, 0.15) is 0 Å². The molecule has 0 unspecified atom stereocenters. The number of hydrogen-bond acceptors (Lipinski definition) is 1. The van der Waals surface area contributed by atoms with Crippen LogP contribution in [0.3, 0.4) is 0 Å². The van der Waals surface area contributed by atoms with E-state index in [1.807, 2.05) is 12.1 Å². The summed E-state index contributed by atoms with van der Waals surface area (Å²) < 4.78 is 0. The second kappa shape index (κ2) is 4.35. The summed E-state index contributed by atoms with van der Waals surface area (Å²) in [6.07, 6.45) is 3.72. The van der Waals surface area contributed by atoms with Gasteiger partial charge >= 0.3 is 0 Å². The fraction of sp³-hybridized carbons (Fsp3) is 0.400. The number of rotatable bonds is 3. The van der Waals surface area contributed by atoms with Crippen LogP contribution in [0.1, 0.15) is 25.3 Å². The van der Waals surface area contributed by atoms with Crippen LogP contribution >= 0.6 is 0 Å². The Kier molecular flexibility index (Phi) is 3.37. The maximum atomic E-state index is 4.98. The Labute approximate surface area is 74.0 Å². The van der Waals surface area contributed by atoms with Gasteiger partial charge in [0, 0.05) is 0 Å². The Morgan fingerprint density at radius 3 is 2.36 bits per heavy atom. The van der Waals surface area contributed by atoms with Crippen molar-refractivity contribution >= 4 is 12.6 Å². The van der Waals surface area contributed by atoms with Gasteiger partial charge in [-0.3, -0.25) is 0 Å². The molecule has 1 aromatic carbocycles. The third kappa shape index (κ3) is 2.89. The van der Waals surface area contributed by atoms with Crippen LogP contribution in [0.4, 0.5) is 0 Å². The molecule has 0 aliphatic rings. The minimum Gasteiger partial charge on any atom is -0.780 e. The molecule has 1 aromatic rings. The molecule has 0 heterocycles. The highest BCUT2D eigenvalue weighted by Crippen LogP contribution is 2.06. The third-order valence-corrected chi connectivity index (χ3v) is 2.01. The van der Waals surface area contributed by atoms with E-state index in [1.54, 1.807) is 0 Å². The number of aryl methyl sites for hydroxylation is 1. The van der Waals surface area contributed by atoms with Gasteiger partial charge in [-0.05, 0) is 18.4 Å². The van der Waals surface area contributed by atoms with E-state index in [9.17, 15) is 0 Å². The van der Waals surface area contributed by atoms with E-state index >= 15 is 0 Å². The minimum atomic E-state index is 0.935. The van der Waals surface area contributed by atoms with E-state index in [0.29, 0.717) is 0 Å². The monoisotopic (exact) mass is 165 g/mol. The van der Waals surface area contributed by atoms with Crippen LogP contribution < -0.4 is 0 Å². The molecule has 0 aliphatic heterocycles. The van der Waals surface area contributed by atoms with Crippen LogP contribution in [0.25, 0.3) is 0 Å². The normalized spacial score (nSPS) is 9.91. The lowest BCUT2D eigenvalue weighted by atomic mass is 10.1. The molecule has 0 bridgehead atoms. The molecule has 60 valence electrons. The van der Waals surface area contributed by atoms with Crippen molar-refractivity contribution in [2.45, 2.75) is 31.1 Å². The lowest BCUT2D eigenvalue weighted by Gasteiger charge is -2.05. The first-order valence-electron chi connectivity index (χ1n) is 4.09. The quantitative estimate of drug-likeness (QED) is 0.620. The molecule has 1 heteroatoms. The molecule has 0 atom stereocenters. The summed E-state index contributed by atoms with van der Waals surface area (Å²) in [6, 6.07) is 8.25. The Bertz CT molecular complexity index is 201. The zero-order chi connectivity index (χ0) is 8.10. The van der Waals surface area contributed by atoms with Crippen molar-refractivity contribution in [1.29, 1.82) is 0 Å². The summed E-state index contributed by atoms with van der Waals surface area (Å²) in [4.78, 5) is 0.935. The van der Waals surface area contributed by atoms with E-state index in [1.165, 1.54) is 24.8 Å². The van der Waals surface area contributed by atoms with Gasteiger partial charge in [0.2, 0.25) is 0 Å². The van der Waals surface area contributed by atoms with Gasteiger partial charge in [0.25, 0.3) is 0 Å². The molecule has 1 rings (SSSR count). The standard InChI is InChI=1S/C10H14S/c1-2-3-4-9-5-7-10(11)8-6-9/h5-8,11H,2-4H2,1H3/p-1. The van der Waals surface area contributed by atoms with Gasteiger partial charge < -0.3 is 12.6 Å². The Morgan fingerprint density at radius 1 is 1.18 bits per heavy atom. The summed E-state index contributed by atoms with van der Waals surface area (Å²) in [5, 5.41) is 0. The van der Waals surface area contributed by atoms with Crippen molar-refractivity contribution in [3.05, 3.63) is 29.8 Å². The number of unbranched alkanes of at least 4 members (excludes halogenated alkanes) is 1. The number of benzene rings is 1. The average Bonchev–Trinajstić information content (AvgIpc) is 2.04. The molecule has 0 amide bonds. The smallest absolute Gasteiger partial charge is 0.0279 e. The predicted octanol–water partition coefficient (Wildman–Crippen LogP) is 2.94. The van der Waals surface area contributed by atoms with Crippen LogP contribution in [0.2, 0.25) is 0 Å². The van der Waals surface area contributed by atoms with E-state index in [4.69, 9.17) is 12.6 Å². The highest BCUT2D eigenvalue weighted by Gasteiger charge is 1.88. The van der Waals surface area contributed by atoms with Crippen molar-refractivity contribution < 1.29 is 0 Å². The highest BCUT2D eigenvalue weighted by molar-refractivity contribution is 7.58. The summed E-state index contributed by atoms with van der Waals surface area (Å²) in [7, 11) is 0. The first-order chi connectivity index (χ1) is 5.33. The van der Waals surface area contributed by atoms with Gasteiger partial charge in [-0.1, -0.05) is 37.6 Å². The minimum absolute atomic E-state index is 0.935. The third-order valence-electron chi connectivity index (χ3n) is 1.74. The van der Waals surface area contributed by atoms with Crippen LogP contribution in [0.15, 0.2) is 29.2 Å². The predicted molar refractivity (Wildman–Crippen MR) is 50.7 cm³/mol. The SMILES string of the molecule is CCCCc1ccc([S-])cc1. The first-order valence-corrected chi connectivity index (χ1v) is 4.49. The molecular formula is C10H13S-. The second-order valence-electron chi connectivity index (χ2n) is 2.75. The Balaban J connectivity index is 2.52. The molecule has 0 aliphatic carbocycles. The molecule has 0 saturated carbocycles. The molecule has 0 fully saturated rings. The fourth-order valence-corrected chi connectivity index (χ4v) is 1.17. The average molecular weight is 165 g/mol. The van der Waals surface area contributed by atoms with Crippen molar-refractivity contribution in [3.63, 3.8) is 0 Å². The Hall–Kier alpha value is -0.560. The van der Waals surface area contributed by atoms with E-state index in [0.717, 1.165) is 4.90 Å². The Morgan fingerprint density at radius 2 is 1.82 bits per heavy atom. The lowest BCUT2D eigenvalue weighted by molar-refractivity contribution is 0.794. The molecule has 0 spiro atoms. The summed E-state index contributed by atoms with van der Waals surface area (Å²) in [5.74, 6) is 0. The van der Waals surface area contributed by atoms with Crippen molar-refractivity contribution in [2.75, 3.05) is 0 Å². The molecular weight excluding hydrogens is 152 g/mol. The van der Waals surface area contributed by atoms with E-state index in [2.05, 4.69) is 19.1 Å². The second-order valence-corrected chi connectivity index (χ2v) is 3.22. The van der Waals surface area contributed by atoms with Gasteiger partial charge in [0.15, 0.2) is 0 Å². The maximum Gasteiger partial charge on any atom is -0.0279 e. The fourth-order valence-electron chi connectivity index (χ4n) is 1.04. The largest absolute Gasteiger partial charge is 0.780 e. The highest BCUT2D eigenvalue weighted by atomic mass is 32.1. The molecule has 0 N–H and O–H groups in total. The summed E-state index contributed by atoms with van der Waals surface area (Å²) in [6.45, 7) is 2.21. The van der Waals surface area contributed by atoms with Crippen molar-refractivity contribution in [2.24, 2.45) is 0 Å². The van der Waals surface area contributed by atoms with Gasteiger partial charge in [-0.2, -0.15) is 4.90 Å². The lowest BCUT2D eigenvalue weighted by Crippen LogP contribution is -1.83. The van der Waals surface area contributed by atoms with Gasteiger partial charge in [0.05, 0.1) is 0 Å². The van der Waals surface area contributed by atoms with Crippen LogP contribution in [0, 0.1) is 0 Å². The van der Waals surface area contributed by atoms with Crippen LogP contribution in [-0.2, 0) is 19.0 Å². The molecule has 0 aromatic heterocycles. The van der Waals surface area contributed by atoms with Crippen molar-refractivity contribution in [3.8, 4) is 0 Å². The van der Waals surface area contributed by atoms with Crippen LogP contribution in [0.5, 0.6) is 0 Å². The summed E-state index contributed by atoms with van der Waals surface area (Å²) in [5.41, 5.74) is 1.40. The molecule has 0 saturated heterocycles. The van der Waals surface area contributed by atoms with E-state index in [-0.39, 0.29) is 0 Å². The molecule has 0 nitrogen and oxygen atoms in total. The zero-order valence-corrected chi connectivity index (χ0v) is 7.66. The van der Waals surface area contributed by atoms with Crippen molar-refractivity contribution in [1.82, 2.24) is 0 Å². The van der Waals surface area contributed by atoms with Crippen LogP contribution in [-0.4, -0.2) is 0 Å². The van der Waals surface area contributed by atoms with Gasteiger partial charge in [-0.15, -0.1) is 0 Å². The maximum absolute atomic E-state index is 4.98. The molecule has 0 radical (unpaired) electrons. The first kappa shape index (κ1) is 8.54. The zero-order valence-electron chi connectivity index (χ0n) is 6.84. The molecule has 11 heavy (non-hydrogen) atoms. The van der Waals surface area contributed by atoms with Gasteiger partial charge in [-0.25, -0.2) is 0 Å². The summed E-state index contributed by atoms with van der Waals surface area (Å²) >= 11 is 4.98. The number of hydrogen-bond donors (Lipinski definition) is 0.